The zero-order valence-electron chi connectivity index (χ0n) is 16.4. The van der Waals surface area contributed by atoms with E-state index in [1.807, 2.05) is 21.0 Å². The molecule has 2 aromatic carbocycles. The van der Waals surface area contributed by atoms with Crippen molar-refractivity contribution in [2.75, 3.05) is 27.2 Å². The highest BCUT2D eigenvalue weighted by Gasteiger charge is 2.48. The fourth-order valence-electron chi connectivity index (χ4n) is 3.80. The van der Waals surface area contributed by atoms with Crippen molar-refractivity contribution in [3.63, 3.8) is 0 Å². The van der Waals surface area contributed by atoms with E-state index >= 15 is 0 Å². The standard InChI is InChI=1S/C22H27BrN2O2/c1-14-17(21(24)26)12-16(27-11-10-25(3)4)13-19(14)22(8-9-22)18-6-5-7-20(23)15(18)2/h5-7,12-13H,8-11H2,1-4H3,(H2,24,26). The number of rotatable bonds is 7. The Labute approximate surface area is 169 Å². The lowest BCUT2D eigenvalue weighted by molar-refractivity contribution is 0.0999. The molecule has 1 fully saturated rings. The summed E-state index contributed by atoms with van der Waals surface area (Å²) in [5.41, 5.74) is 10.8. The van der Waals surface area contributed by atoms with Gasteiger partial charge in [0.1, 0.15) is 12.4 Å². The molecule has 0 aliphatic heterocycles. The maximum atomic E-state index is 12.1. The Hall–Kier alpha value is -1.85. The molecule has 2 N–H and O–H groups in total. The predicted molar refractivity (Wildman–Crippen MR) is 113 cm³/mol. The van der Waals surface area contributed by atoms with E-state index < -0.39 is 5.91 Å². The summed E-state index contributed by atoms with van der Waals surface area (Å²) >= 11 is 3.65. The summed E-state index contributed by atoms with van der Waals surface area (Å²) in [6, 6.07) is 10.2. The van der Waals surface area contributed by atoms with Crippen LogP contribution in [0.25, 0.3) is 0 Å². The van der Waals surface area contributed by atoms with E-state index in [1.165, 1.54) is 11.1 Å². The summed E-state index contributed by atoms with van der Waals surface area (Å²) in [4.78, 5) is 14.1. The van der Waals surface area contributed by atoms with E-state index in [0.29, 0.717) is 17.9 Å². The van der Waals surface area contributed by atoms with Gasteiger partial charge in [-0.3, -0.25) is 4.79 Å². The second kappa shape index (κ2) is 7.64. The molecule has 0 aromatic heterocycles. The predicted octanol–water partition coefficient (Wildman–Crippen LogP) is 4.19. The Balaban J connectivity index is 2.07. The normalized spacial score (nSPS) is 15.0. The lowest BCUT2D eigenvalue weighted by Crippen LogP contribution is -2.21. The number of benzene rings is 2. The molecule has 1 aliphatic rings. The van der Waals surface area contributed by atoms with Gasteiger partial charge in [-0.2, -0.15) is 0 Å². The number of carbonyl (C=O) groups is 1. The highest BCUT2D eigenvalue weighted by atomic mass is 79.9. The molecule has 4 nitrogen and oxygen atoms in total. The molecule has 0 heterocycles. The lowest BCUT2D eigenvalue weighted by Gasteiger charge is -2.24. The average molecular weight is 431 g/mol. The molecule has 0 spiro atoms. The number of amides is 1. The number of nitrogens with zero attached hydrogens (tertiary/aromatic N) is 1. The van der Waals surface area contributed by atoms with Crippen LogP contribution < -0.4 is 10.5 Å². The largest absolute Gasteiger partial charge is 0.492 e. The van der Waals surface area contributed by atoms with Crippen LogP contribution in [0.4, 0.5) is 0 Å². The molecule has 5 heteroatoms. The van der Waals surface area contributed by atoms with Crippen LogP contribution in [0.2, 0.25) is 0 Å². The zero-order valence-corrected chi connectivity index (χ0v) is 18.0. The summed E-state index contributed by atoms with van der Waals surface area (Å²) in [6.45, 7) is 5.51. The maximum Gasteiger partial charge on any atom is 0.249 e. The minimum absolute atomic E-state index is 0.0664. The van der Waals surface area contributed by atoms with Crippen LogP contribution in [-0.4, -0.2) is 38.1 Å². The SMILES string of the molecule is Cc1c(Br)cccc1C1(c2cc(OCCN(C)C)cc(C(N)=O)c2C)CC1. The van der Waals surface area contributed by atoms with Crippen LogP contribution >= 0.6 is 15.9 Å². The minimum Gasteiger partial charge on any atom is -0.492 e. The van der Waals surface area contributed by atoms with Crippen molar-refractivity contribution in [3.05, 3.63) is 62.6 Å². The van der Waals surface area contributed by atoms with Crippen LogP contribution in [-0.2, 0) is 5.41 Å². The van der Waals surface area contributed by atoms with Gasteiger partial charge in [0.05, 0.1) is 0 Å². The third-order valence-corrected chi connectivity index (χ3v) is 6.36. The van der Waals surface area contributed by atoms with Crippen molar-refractivity contribution in [1.82, 2.24) is 4.90 Å². The molecule has 1 aliphatic carbocycles. The van der Waals surface area contributed by atoms with Crippen molar-refractivity contribution in [2.45, 2.75) is 32.1 Å². The van der Waals surface area contributed by atoms with Gasteiger partial charge in [0, 0.05) is 22.0 Å². The fraction of sp³-hybridized carbons (Fsp3) is 0.409. The maximum absolute atomic E-state index is 12.1. The Bertz CT molecular complexity index is 873. The molecule has 27 heavy (non-hydrogen) atoms. The smallest absolute Gasteiger partial charge is 0.249 e. The van der Waals surface area contributed by atoms with Gasteiger partial charge in [-0.25, -0.2) is 0 Å². The van der Waals surface area contributed by atoms with E-state index in [-0.39, 0.29) is 5.41 Å². The molecule has 144 valence electrons. The van der Waals surface area contributed by atoms with E-state index in [4.69, 9.17) is 10.5 Å². The van der Waals surface area contributed by atoms with Gasteiger partial charge >= 0.3 is 0 Å². The van der Waals surface area contributed by atoms with Crippen molar-refractivity contribution < 1.29 is 9.53 Å². The van der Waals surface area contributed by atoms with Crippen LogP contribution in [0.3, 0.4) is 0 Å². The van der Waals surface area contributed by atoms with Gasteiger partial charge in [0.2, 0.25) is 5.91 Å². The quantitative estimate of drug-likeness (QED) is 0.716. The number of hydrogen-bond donors (Lipinski definition) is 1. The van der Waals surface area contributed by atoms with Crippen molar-refractivity contribution in [1.29, 1.82) is 0 Å². The number of ether oxygens (including phenoxy) is 1. The van der Waals surface area contributed by atoms with Gasteiger partial charge in [0.15, 0.2) is 0 Å². The first-order valence-corrected chi connectivity index (χ1v) is 10.0. The van der Waals surface area contributed by atoms with Crippen LogP contribution in [0.1, 0.15) is 45.5 Å². The Morgan fingerprint density at radius 2 is 1.89 bits per heavy atom. The number of likely N-dealkylation sites (N-methyl/N-ethyl adjacent to an activating group) is 1. The van der Waals surface area contributed by atoms with Crippen LogP contribution in [0.5, 0.6) is 5.75 Å². The lowest BCUT2D eigenvalue weighted by atomic mass is 9.81. The molecule has 0 atom stereocenters. The second-order valence-electron chi connectivity index (χ2n) is 7.65. The molecular weight excluding hydrogens is 404 g/mol. The average Bonchev–Trinajstić information content (AvgIpc) is 3.39. The zero-order chi connectivity index (χ0) is 19.8. The first-order valence-electron chi connectivity index (χ1n) is 9.24. The third-order valence-electron chi connectivity index (χ3n) is 5.50. The monoisotopic (exact) mass is 430 g/mol. The van der Waals surface area contributed by atoms with Gasteiger partial charge in [-0.1, -0.05) is 28.1 Å². The second-order valence-corrected chi connectivity index (χ2v) is 8.51. The summed E-state index contributed by atoms with van der Waals surface area (Å²) < 4.78 is 7.07. The summed E-state index contributed by atoms with van der Waals surface area (Å²) in [6.07, 6.45) is 2.12. The summed E-state index contributed by atoms with van der Waals surface area (Å²) in [5, 5.41) is 0. The number of halogens is 1. The van der Waals surface area contributed by atoms with Gasteiger partial charge in [0.25, 0.3) is 0 Å². The molecule has 3 rings (SSSR count). The van der Waals surface area contributed by atoms with E-state index in [2.05, 4.69) is 52.0 Å². The van der Waals surface area contributed by atoms with E-state index in [9.17, 15) is 4.79 Å². The Kier molecular flexibility index (Phi) is 5.63. The molecular formula is C22H27BrN2O2. The van der Waals surface area contributed by atoms with Crippen molar-refractivity contribution >= 4 is 21.8 Å². The molecule has 1 saturated carbocycles. The highest BCUT2D eigenvalue weighted by molar-refractivity contribution is 9.10. The molecule has 0 bridgehead atoms. The van der Waals surface area contributed by atoms with Crippen molar-refractivity contribution in [2.24, 2.45) is 5.73 Å². The number of hydrogen-bond acceptors (Lipinski definition) is 3. The number of primary amides is 1. The van der Waals surface area contributed by atoms with Gasteiger partial charge < -0.3 is 15.4 Å². The minimum atomic E-state index is -0.409. The molecule has 0 saturated heterocycles. The molecule has 2 aromatic rings. The topological polar surface area (TPSA) is 55.6 Å². The Morgan fingerprint density at radius 1 is 1.19 bits per heavy atom. The fourth-order valence-corrected chi connectivity index (χ4v) is 4.17. The van der Waals surface area contributed by atoms with E-state index in [0.717, 1.165) is 35.0 Å². The first-order chi connectivity index (χ1) is 12.8. The molecule has 0 radical (unpaired) electrons. The molecule has 0 unspecified atom stereocenters. The number of carbonyl (C=O) groups excluding carboxylic acids is 1. The van der Waals surface area contributed by atoms with Gasteiger partial charge in [-0.05, 0) is 81.2 Å². The summed E-state index contributed by atoms with van der Waals surface area (Å²) in [5.74, 6) is 0.304. The van der Waals surface area contributed by atoms with Crippen LogP contribution in [0.15, 0.2) is 34.8 Å². The highest BCUT2D eigenvalue weighted by Crippen LogP contribution is 2.56. The summed E-state index contributed by atoms with van der Waals surface area (Å²) in [7, 11) is 4.02. The van der Waals surface area contributed by atoms with Crippen LogP contribution in [0, 0.1) is 13.8 Å². The Morgan fingerprint density at radius 3 is 2.48 bits per heavy atom. The first kappa shape index (κ1) is 19.9. The molecule has 1 amide bonds. The van der Waals surface area contributed by atoms with Gasteiger partial charge in [-0.15, -0.1) is 0 Å². The number of nitrogens with two attached hydrogens (primary N) is 1. The van der Waals surface area contributed by atoms with Crippen molar-refractivity contribution in [3.8, 4) is 5.75 Å². The van der Waals surface area contributed by atoms with E-state index in [1.54, 1.807) is 6.07 Å². The third kappa shape index (κ3) is 3.90.